The van der Waals surface area contributed by atoms with Crippen LogP contribution in [0.25, 0.3) is 11.2 Å². The minimum Gasteiger partial charge on any atom is -0.381 e. The fourth-order valence-electron chi connectivity index (χ4n) is 3.20. The molecule has 1 aliphatic rings. The Kier molecular flexibility index (Phi) is 4.80. The summed E-state index contributed by atoms with van der Waals surface area (Å²) in [6.07, 6.45) is 2.39. The predicted molar refractivity (Wildman–Crippen MR) is 97.9 cm³/mol. The number of benzene rings is 1. The second-order valence-corrected chi connectivity index (χ2v) is 6.86. The number of rotatable bonds is 4. The number of halogens is 3. The van der Waals surface area contributed by atoms with Crippen LogP contribution in [0.15, 0.2) is 18.3 Å². The number of nitrogens with zero attached hydrogens (tertiary/aromatic N) is 4. The Labute approximate surface area is 159 Å². The van der Waals surface area contributed by atoms with Gasteiger partial charge in [-0.05, 0) is 12.3 Å². The van der Waals surface area contributed by atoms with E-state index in [0.717, 1.165) is 6.42 Å². The first-order valence-corrected chi connectivity index (χ1v) is 8.87. The number of anilines is 3. The highest BCUT2D eigenvalue weighted by Gasteiger charge is 2.23. The Morgan fingerprint density at radius 3 is 2.64 bits per heavy atom. The summed E-state index contributed by atoms with van der Waals surface area (Å²) in [7, 11) is 1.66. The average Bonchev–Trinajstić information content (AvgIpc) is 2.96. The van der Waals surface area contributed by atoms with Crippen LogP contribution < -0.4 is 10.6 Å². The molecule has 1 fully saturated rings. The molecule has 0 saturated carbocycles. The molecular weight excluding hydrogens is 373 g/mol. The first kappa shape index (κ1) is 18.5. The molecule has 1 aliphatic heterocycles. The summed E-state index contributed by atoms with van der Waals surface area (Å²) >= 11 is 0. The second kappa shape index (κ2) is 7.27. The van der Waals surface area contributed by atoms with Crippen LogP contribution in [0.1, 0.15) is 13.3 Å². The van der Waals surface area contributed by atoms with Gasteiger partial charge >= 0.3 is 0 Å². The largest absolute Gasteiger partial charge is 0.381 e. The highest BCUT2D eigenvalue weighted by atomic mass is 19.1. The molecule has 148 valence electrons. The smallest absolute Gasteiger partial charge is 0.224 e. The van der Waals surface area contributed by atoms with Crippen molar-refractivity contribution in [1.29, 1.82) is 0 Å². The van der Waals surface area contributed by atoms with Gasteiger partial charge in [0.25, 0.3) is 0 Å². The molecule has 0 unspecified atom stereocenters. The third-order valence-electron chi connectivity index (χ3n) is 4.81. The maximum absolute atomic E-state index is 13.9. The third kappa shape index (κ3) is 3.47. The van der Waals surface area contributed by atoms with Gasteiger partial charge in [0, 0.05) is 31.8 Å². The third-order valence-corrected chi connectivity index (χ3v) is 4.81. The van der Waals surface area contributed by atoms with Gasteiger partial charge in [0.1, 0.15) is 17.0 Å². The molecule has 1 saturated heterocycles. The number of ether oxygens (including phenoxy) is 1. The average molecular weight is 392 g/mol. The minimum absolute atomic E-state index is 0.158. The van der Waals surface area contributed by atoms with Gasteiger partial charge in [0.2, 0.25) is 11.9 Å². The predicted octanol–water partition coefficient (Wildman–Crippen LogP) is 3.36. The van der Waals surface area contributed by atoms with Gasteiger partial charge in [0.15, 0.2) is 17.3 Å². The van der Waals surface area contributed by atoms with E-state index < -0.39 is 23.1 Å². The number of aromatic nitrogens is 4. The molecule has 28 heavy (non-hydrogen) atoms. The van der Waals surface area contributed by atoms with Crippen LogP contribution >= 0.6 is 0 Å². The van der Waals surface area contributed by atoms with Crippen LogP contribution in [-0.4, -0.2) is 38.8 Å². The number of hydrogen-bond acceptors (Lipinski definition) is 6. The van der Waals surface area contributed by atoms with Crippen LogP contribution in [-0.2, 0) is 11.8 Å². The molecule has 0 amide bonds. The molecule has 7 nitrogen and oxygen atoms in total. The molecule has 2 N–H and O–H groups in total. The van der Waals surface area contributed by atoms with Gasteiger partial charge in [0.05, 0.1) is 12.8 Å². The van der Waals surface area contributed by atoms with E-state index in [-0.39, 0.29) is 12.0 Å². The zero-order valence-corrected chi connectivity index (χ0v) is 15.3. The molecule has 2 atom stereocenters. The number of imidazole rings is 1. The zero-order valence-electron chi connectivity index (χ0n) is 15.3. The molecular formula is C18H19F3N6O. The van der Waals surface area contributed by atoms with Crippen molar-refractivity contribution in [3.63, 3.8) is 0 Å². The van der Waals surface area contributed by atoms with Crippen LogP contribution in [0, 0.1) is 23.4 Å². The Morgan fingerprint density at radius 1 is 1.18 bits per heavy atom. The summed E-state index contributed by atoms with van der Waals surface area (Å²) in [6, 6.07) is 1.40. The molecule has 0 spiro atoms. The normalized spacial score (nSPS) is 19.8. The highest BCUT2D eigenvalue weighted by molar-refractivity contribution is 5.76. The quantitative estimate of drug-likeness (QED) is 0.709. The maximum Gasteiger partial charge on any atom is 0.224 e. The van der Waals surface area contributed by atoms with Crippen LogP contribution in [0.5, 0.6) is 0 Å². The number of nitrogens with one attached hydrogen (secondary N) is 2. The van der Waals surface area contributed by atoms with Crippen LogP contribution in [0.3, 0.4) is 0 Å². The summed E-state index contributed by atoms with van der Waals surface area (Å²) in [6.45, 7) is 3.44. The summed E-state index contributed by atoms with van der Waals surface area (Å²) in [5.74, 6) is -2.17. The SMILES string of the molecule is C[C@@H]1COCC[C@@H]1Nc1ncc2nc(Nc3c(F)cc(F)cc3F)n(C)c2n1. The van der Waals surface area contributed by atoms with Gasteiger partial charge in [-0.1, -0.05) is 6.92 Å². The lowest BCUT2D eigenvalue weighted by Gasteiger charge is -2.29. The topological polar surface area (TPSA) is 76.9 Å². The van der Waals surface area contributed by atoms with E-state index >= 15 is 0 Å². The number of fused-ring (bicyclic) bond motifs is 1. The van der Waals surface area contributed by atoms with E-state index in [9.17, 15) is 13.2 Å². The Bertz CT molecular complexity index is 1000. The summed E-state index contributed by atoms with van der Waals surface area (Å²) in [5.41, 5.74) is 0.461. The van der Waals surface area contributed by atoms with Crippen molar-refractivity contribution in [1.82, 2.24) is 19.5 Å². The maximum atomic E-state index is 13.9. The van der Waals surface area contributed by atoms with E-state index in [0.29, 0.717) is 48.4 Å². The minimum atomic E-state index is -1.05. The fraction of sp³-hybridized carbons (Fsp3) is 0.389. The molecule has 3 heterocycles. The summed E-state index contributed by atoms with van der Waals surface area (Å²) in [5, 5.41) is 5.87. The van der Waals surface area contributed by atoms with Crippen molar-refractivity contribution in [3.05, 3.63) is 35.8 Å². The first-order valence-electron chi connectivity index (χ1n) is 8.87. The van der Waals surface area contributed by atoms with E-state index in [1.807, 2.05) is 0 Å². The molecule has 0 radical (unpaired) electrons. The Hall–Kier alpha value is -2.88. The van der Waals surface area contributed by atoms with E-state index in [1.165, 1.54) is 6.20 Å². The monoisotopic (exact) mass is 392 g/mol. The van der Waals surface area contributed by atoms with Gasteiger partial charge in [-0.3, -0.25) is 4.57 Å². The Morgan fingerprint density at radius 2 is 1.93 bits per heavy atom. The molecule has 1 aromatic carbocycles. The van der Waals surface area contributed by atoms with Crippen molar-refractivity contribution >= 4 is 28.7 Å². The van der Waals surface area contributed by atoms with Crippen LogP contribution in [0.4, 0.5) is 30.8 Å². The number of aryl methyl sites for hydroxylation is 1. The molecule has 0 aliphatic carbocycles. The van der Waals surface area contributed by atoms with Gasteiger partial charge in [-0.25, -0.2) is 23.1 Å². The zero-order chi connectivity index (χ0) is 19.8. The van der Waals surface area contributed by atoms with Gasteiger partial charge < -0.3 is 15.4 Å². The van der Waals surface area contributed by atoms with Crippen molar-refractivity contribution in [2.45, 2.75) is 19.4 Å². The molecule has 3 aromatic rings. The van der Waals surface area contributed by atoms with Gasteiger partial charge in [-0.2, -0.15) is 4.98 Å². The molecule has 0 bridgehead atoms. The summed E-state index contributed by atoms with van der Waals surface area (Å²) in [4.78, 5) is 13.0. The number of hydrogen-bond donors (Lipinski definition) is 2. The van der Waals surface area contributed by atoms with E-state index in [1.54, 1.807) is 11.6 Å². The molecule has 4 rings (SSSR count). The van der Waals surface area contributed by atoms with E-state index in [2.05, 4.69) is 32.5 Å². The lowest BCUT2D eigenvalue weighted by atomic mass is 9.98. The lowest BCUT2D eigenvalue weighted by molar-refractivity contribution is 0.0536. The first-order chi connectivity index (χ1) is 13.4. The second-order valence-electron chi connectivity index (χ2n) is 6.86. The lowest BCUT2D eigenvalue weighted by Crippen LogP contribution is -2.36. The Balaban J connectivity index is 1.62. The standard InChI is InChI=1S/C18H19F3N6O/c1-9-8-28-4-3-13(9)23-17-22-7-14-16(26-17)27(2)18(24-14)25-15-11(20)5-10(19)6-12(15)21/h5-7,9,13H,3-4,8H2,1-2H3,(H,24,25)(H,22,23,26)/t9-,13+/m1/s1. The highest BCUT2D eigenvalue weighted by Crippen LogP contribution is 2.26. The van der Waals surface area contributed by atoms with Crippen molar-refractivity contribution < 1.29 is 17.9 Å². The van der Waals surface area contributed by atoms with E-state index in [4.69, 9.17) is 4.74 Å². The molecule has 2 aromatic heterocycles. The summed E-state index contributed by atoms with van der Waals surface area (Å²) < 4.78 is 47.9. The van der Waals surface area contributed by atoms with Crippen molar-refractivity contribution in [3.8, 4) is 0 Å². The van der Waals surface area contributed by atoms with Crippen LogP contribution in [0.2, 0.25) is 0 Å². The van der Waals surface area contributed by atoms with Gasteiger partial charge in [-0.15, -0.1) is 0 Å². The fourth-order valence-corrected chi connectivity index (χ4v) is 3.20. The van der Waals surface area contributed by atoms with Crippen molar-refractivity contribution in [2.24, 2.45) is 13.0 Å². The van der Waals surface area contributed by atoms with Crippen molar-refractivity contribution in [2.75, 3.05) is 23.8 Å². The molecule has 10 heteroatoms.